The first kappa shape index (κ1) is 8.21. The lowest BCUT2D eigenvalue weighted by molar-refractivity contribution is 0.710. The highest BCUT2D eigenvalue weighted by molar-refractivity contribution is 5.41. The highest BCUT2D eigenvalue weighted by atomic mass is 14.8. The lowest BCUT2D eigenvalue weighted by Crippen LogP contribution is -2.16. The van der Waals surface area contributed by atoms with Crippen LogP contribution in [-0.2, 0) is 12.8 Å². The zero-order chi connectivity index (χ0) is 9.10. The van der Waals surface area contributed by atoms with Crippen molar-refractivity contribution < 1.29 is 0 Å². The Kier molecular flexibility index (Phi) is 2.24. The Bertz CT molecular complexity index is 352. The second-order valence-electron chi connectivity index (χ2n) is 3.19. The molecule has 0 spiro atoms. The molecule has 1 aliphatic heterocycles. The summed E-state index contributed by atoms with van der Waals surface area (Å²) < 4.78 is 0. The zero-order valence-electron chi connectivity index (χ0n) is 7.38. The number of aromatic nitrogens is 1. The summed E-state index contributed by atoms with van der Waals surface area (Å²) in [5.74, 6) is 0. The van der Waals surface area contributed by atoms with Crippen molar-refractivity contribution in [1.29, 1.82) is 5.26 Å². The molecule has 0 aliphatic carbocycles. The standard InChI is InChI=1S/C10H11N3/c11-5-9-7-13-6-8-1-3-12-4-2-10(8)9/h6-7,12H,1-4H2. The fourth-order valence-electron chi connectivity index (χ4n) is 1.70. The van der Waals surface area contributed by atoms with Crippen LogP contribution >= 0.6 is 0 Å². The Morgan fingerprint density at radius 3 is 3.00 bits per heavy atom. The number of nitrogens with zero attached hydrogens (tertiary/aromatic N) is 2. The van der Waals surface area contributed by atoms with Crippen LogP contribution in [0.3, 0.4) is 0 Å². The normalized spacial score (nSPS) is 15.6. The Morgan fingerprint density at radius 1 is 1.31 bits per heavy atom. The summed E-state index contributed by atoms with van der Waals surface area (Å²) in [5, 5.41) is 12.2. The van der Waals surface area contributed by atoms with E-state index in [2.05, 4.69) is 16.4 Å². The average Bonchev–Trinajstić information content (AvgIpc) is 2.41. The van der Waals surface area contributed by atoms with Crippen molar-refractivity contribution in [2.45, 2.75) is 12.8 Å². The molecule has 1 N–H and O–H groups in total. The fourth-order valence-corrected chi connectivity index (χ4v) is 1.70. The minimum absolute atomic E-state index is 0.737. The molecule has 0 atom stereocenters. The van der Waals surface area contributed by atoms with Crippen LogP contribution in [0.15, 0.2) is 12.4 Å². The predicted octanol–water partition coefficient (Wildman–Crippen LogP) is 0.641. The van der Waals surface area contributed by atoms with E-state index in [0.717, 1.165) is 31.5 Å². The summed E-state index contributed by atoms with van der Waals surface area (Å²) in [7, 11) is 0. The predicted molar refractivity (Wildman–Crippen MR) is 49.2 cm³/mol. The van der Waals surface area contributed by atoms with E-state index < -0.39 is 0 Å². The summed E-state index contributed by atoms with van der Waals surface area (Å²) in [5.41, 5.74) is 3.15. The summed E-state index contributed by atoms with van der Waals surface area (Å²) in [6, 6.07) is 2.19. The molecule has 1 aromatic rings. The Morgan fingerprint density at radius 2 is 2.15 bits per heavy atom. The van der Waals surface area contributed by atoms with Gasteiger partial charge >= 0.3 is 0 Å². The molecule has 0 amide bonds. The molecule has 0 saturated heterocycles. The lowest BCUT2D eigenvalue weighted by atomic mass is 10.0. The number of pyridine rings is 1. The van der Waals surface area contributed by atoms with Crippen LogP contribution in [-0.4, -0.2) is 18.1 Å². The molecule has 0 bridgehead atoms. The second-order valence-corrected chi connectivity index (χ2v) is 3.19. The van der Waals surface area contributed by atoms with Crippen LogP contribution in [0.4, 0.5) is 0 Å². The number of hydrogen-bond donors (Lipinski definition) is 1. The van der Waals surface area contributed by atoms with Crippen molar-refractivity contribution in [2.75, 3.05) is 13.1 Å². The first-order valence-corrected chi connectivity index (χ1v) is 4.48. The number of nitriles is 1. The third-order valence-electron chi connectivity index (χ3n) is 2.39. The lowest BCUT2D eigenvalue weighted by Gasteiger charge is -2.04. The van der Waals surface area contributed by atoms with Crippen molar-refractivity contribution in [2.24, 2.45) is 0 Å². The molecule has 0 radical (unpaired) electrons. The SMILES string of the molecule is N#Cc1cncc2c1CCNCC2. The van der Waals surface area contributed by atoms with Gasteiger partial charge in [-0.3, -0.25) is 4.98 Å². The number of rotatable bonds is 0. The van der Waals surface area contributed by atoms with E-state index in [-0.39, 0.29) is 0 Å². The highest BCUT2D eigenvalue weighted by Gasteiger charge is 2.11. The van der Waals surface area contributed by atoms with E-state index >= 15 is 0 Å². The molecule has 0 aromatic carbocycles. The highest BCUT2D eigenvalue weighted by Crippen LogP contribution is 2.15. The molecular formula is C10H11N3. The summed E-state index contributed by atoms with van der Waals surface area (Å²) >= 11 is 0. The van der Waals surface area contributed by atoms with Gasteiger partial charge in [0.15, 0.2) is 0 Å². The van der Waals surface area contributed by atoms with Crippen LogP contribution in [0, 0.1) is 11.3 Å². The molecular weight excluding hydrogens is 162 g/mol. The zero-order valence-corrected chi connectivity index (χ0v) is 7.38. The maximum absolute atomic E-state index is 8.88. The van der Waals surface area contributed by atoms with Crippen molar-refractivity contribution in [3.63, 3.8) is 0 Å². The van der Waals surface area contributed by atoms with E-state index in [1.807, 2.05) is 6.20 Å². The summed E-state index contributed by atoms with van der Waals surface area (Å²) in [6.07, 6.45) is 5.46. The van der Waals surface area contributed by atoms with Gasteiger partial charge in [0.05, 0.1) is 5.56 Å². The first-order chi connectivity index (χ1) is 6.42. The van der Waals surface area contributed by atoms with E-state index in [1.165, 1.54) is 11.1 Å². The van der Waals surface area contributed by atoms with Crippen molar-refractivity contribution in [3.8, 4) is 6.07 Å². The molecule has 1 aromatic heterocycles. The molecule has 3 heteroatoms. The van der Waals surface area contributed by atoms with Gasteiger partial charge in [-0.2, -0.15) is 5.26 Å². The first-order valence-electron chi connectivity index (χ1n) is 4.48. The molecule has 2 rings (SSSR count). The summed E-state index contributed by atoms with van der Waals surface area (Å²) in [6.45, 7) is 1.95. The molecule has 0 fully saturated rings. The Balaban J connectivity index is 2.47. The Labute approximate surface area is 77.4 Å². The molecule has 66 valence electrons. The molecule has 13 heavy (non-hydrogen) atoms. The largest absolute Gasteiger partial charge is 0.316 e. The van der Waals surface area contributed by atoms with Gasteiger partial charge in [0.2, 0.25) is 0 Å². The van der Waals surface area contributed by atoms with Crippen LogP contribution in [0.2, 0.25) is 0 Å². The minimum atomic E-state index is 0.737. The van der Waals surface area contributed by atoms with Crippen LogP contribution in [0.25, 0.3) is 0 Å². The van der Waals surface area contributed by atoms with Crippen molar-refractivity contribution in [1.82, 2.24) is 10.3 Å². The number of nitrogens with one attached hydrogen (secondary N) is 1. The van der Waals surface area contributed by atoms with Gasteiger partial charge in [-0.1, -0.05) is 0 Å². The minimum Gasteiger partial charge on any atom is -0.316 e. The van der Waals surface area contributed by atoms with Crippen LogP contribution in [0.5, 0.6) is 0 Å². The van der Waals surface area contributed by atoms with E-state index in [1.54, 1.807) is 6.20 Å². The van der Waals surface area contributed by atoms with Gasteiger partial charge in [-0.25, -0.2) is 0 Å². The monoisotopic (exact) mass is 173 g/mol. The number of fused-ring (bicyclic) bond motifs is 1. The molecule has 0 saturated carbocycles. The van der Waals surface area contributed by atoms with Crippen LogP contribution < -0.4 is 5.32 Å². The third kappa shape index (κ3) is 1.53. The van der Waals surface area contributed by atoms with Gasteiger partial charge < -0.3 is 5.32 Å². The fraction of sp³-hybridized carbons (Fsp3) is 0.400. The molecule has 1 aliphatic rings. The molecule has 3 nitrogen and oxygen atoms in total. The maximum atomic E-state index is 8.88. The smallest absolute Gasteiger partial charge is 0.101 e. The average molecular weight is 173 g/mol. The number of hydrogen-bond acceptors (Lipinski definition) is 3. The van der Waals surface area contributed by atoms with Crippen molar-refractivity contribution in [3.05, 3.63) is 29.1 Å². The van der Waals surface area contributed by atoms with Gasteiger partial charge in [-0.15, -0.1) is 0 Å². The third-order valence-corrected chi connectivity index (χ3v) is 2.39. The van der Waals surface area contributed by atoms with E-state index in [9.17, 15) is 0 Å². The van der Waals surface area contributed by atoms with E-state index in [0.29, 0.717) is 0 Å². The Hall–Kier alpha value is -1.40. The van der Waals surface area contributed by atoms with Gasteiger partial charge in [0, 0.05) is 12.4 Å². The van der Waals surface area contributed by atoms with E-state index in [4.69, 9.17) is 5.26 Å². The summed E-state index contributed by atoms with van der Waals surface area (Å²) in [4.78, 5) is 4.06. The topological polar surface area (TPSA) is 48.7 Å². The quantitative estimate of drug-likeness (QED) is 0.626. The van der Waals surface area contributed by atoms with Gasteiger partial charge in [0.1, 0.15) is 6.07 Å². The van der Waals surface area contributed by atoms with Gasteiger partial charge in [-0.05, 0) is 37.1 Å². The van der Waals surface area contributed by atoms with Crippen LogP contribution in [0.1, 0.15) is 16.7 Å². The second kappa shape index (κ2) is 3.55. The molecule has 2 heterocycles. The maximum Gasteiger partial charge on any atom is 0.101 e. The molecule has 0 unspecified atom stereocenters. The van der Waals surface area contributed by atoms with Crippen molar-refractivity contribution >= 4 is 0 Å². The van der Waals surface area contributed by atoms with Gasteiger partial charge in [0.25, 0.3) is 0 Å².